The van der Waals surface area contributed by atoms with Crippen molar-refractivity contribution < 1.29 is 4.42 Å². The zero-order chi connectivity index (χ0) is 20.4. The van der Waals surface area contributed by atoms with Crippen molar-refractivity contribution in [3.8, 4) is 11.4 Å². The Balaban J connectivity index is 1.96. The number of fused-ring (bicyclic) bond motifs is 3. The van der Waals surface area contributed by atoms with Crippen molar-refractivity contribution in [1.82, 2.24) is 23.5 Å². The van der Waals surface area contributed by atoms with Crippen LogP contribution in [0.15, 0.2) is 38.4 Å². The Bertz CT molecular complexity index is 1390. The molecule has 10 heteroatoms. The number of halogens is 1. The van der Waals surface area contributed by atoms with Gasteiger partial charge in [0, 0.05) is 39.6 Å². The fraction of sp³-hybridized carbons (Fsp3) is 0.316. The molecule has 0 saturated heterocycles. The van der Waals surface area contributed by atoms with Crippen LogP contribution in [0.5, 0.6) is 0 Å². The largest absolute Gasteiger partial charge is 0.448 e. The smallest absolute Gasteiger partial charge is 0.331 e. The quantitative estimate of drug-likeness (QED) is 0.487. The molecule has 4 aromatic heterocycles. The molecular weight excluding hydrogens is 414 g/mol. The van der Waals surface area contributed by atoms with Gasteiger partial charge in [0.1, 0.15) is 16.7 Å². The van der Waals surface area contributed by atoms with Gasteiger partial charge in [-0.15, -0.1) is 11.8 Å². The molecule has 1 atom stereocenters. The van der Waals surface area contributed by atoms with Crippen LogP contribution in [0.1, 0.15) is 16.7 Å². The highest BCUT2D eigenvalue weighted by Crippen LogP contribution is 2.46. The lowest BCUT2D eigenvalue weighted by Gasteiger charge is -2.24. The number of furan rings is 1. The van der Waals surface area contributed by atoms with Crippen LogP contribution >= 0.6 is 23.4 Å². The topological polar surface area (TPSA) is 79.9 Å². The van der Waals surface area contributed by atoms with E-state index in [1.807, 2.05) is 25.4 Å². The summed E-state index contributed by atoms with van der Waals surface area (Å²) in [4.78, 5) is 25.9. The number of aromatic nitrogens is 5. The molecule has 5 heterocycles. The van der Waals surface area contributed by atoms with Gasteiger partial charge in [-0.25, -0.2) is 4.79 Å². The zero-order valence-electron chi connectivity index (χ0n) is 16.0. The van der Waals surface area contributed by atoms with Crippen molar-refractivity contribution in [2.75, 3.05) is 5.75 Å². The zero-order valence-corrected chi connectivity index (χ0v) is 17.6. The lowest BCUT2D eigenvalue weighted by Crippen LogP contribution is -2.37. The lowest BCUT2D eigenvalue weighted by atomic mass is 10.2. The van der Waals surface area contributed by atoms with Crippen molar-refractivity contribution in [3.63, 3.8) is 0 Å². The van der Waals surface area contributed by atoms with Gasteiger partial charge in [-0.3, -0.25) is 18.6 Å². The number of hydrogen-bond acceptors (Lipinski definition) is 5. The Morgan fingerprint density at radius 2 is 1.97 bits per heavy atom. The van der Waals surface area contributed by atoms with E-state index in [4.69, 9.17) is 16.0 Å². The Kier molecular flexibility index (Phi) is 4.08. The fourth-order valence-corrected chi connectivity index (χ4v) is 5.44. The number of aryl methyl sites for hydroxylation is 2. The first-order valence-electron chi connectivity index (χ1n) is 9.07. The lowest BCUT2D eigenvalue weighted by molar-refractivity contribution is 0.511. The van der Waals surface area contributed by atoms with Crippen LogP contribution in [0.4, 0.5) is 0 Å². The molecule has 0 saturated carbocycles. The van der Waals surface area contributed by atoms with Gasteiger partial charge in [0.2, 0.25) is 0 Å². The van der Waals surface area contributed by atoms with E-state index in [9.17, 15) is 9.59 Å². The molecule has 0 amide bonds. The molecule has 29 heavy (non-hydrogen) atoms. The summed E-state index contributed by atoms with van der Waals surface area (Å²) >= 11 is 7.73. The Labute approximate surface area is 174 Å². The number of rotatable bonds is 2. The maximum Gasteiger partial charge on any atom is 0.331 e. The van der Waals surface area contributed by atoms with Gasteiger partial charge in [-0.2, -0.15) is 5.10 Å². The van der Waals surface area contributed by atoms with E-state index < -0.39 is 0 Å². The first-order chi connectivity index (χ1) is 13.9. The molecule has 0 N–H and O–H groups in total. The van der Waals surface area contributed by atoms with E-state index in [1.54, 1.807) is 34.1 Å². The molecule has 1 aliphatic rings. The fourth-order valence-electron chi connectivity index (χ4n) is 4.07. The van der Waals surface area contributed by atoms with Crippen molar-refractivity contribution in [3.05, 3.63) is 61.9 Å². The normalized spacial score (nSPS) is 16.5. The third kappa shape index (κ3) is 2.57. The second-order valence-electron chi connectivity index (χ2n) is 7.08. The Hall–Kier alpha value is -2.65. The maximum atomic E-state index is 13.2. The molecule has 150 valence electrons. The van der Waals surface area contributed by atoms with Crippen LogP contribution < -0.4 is 11.2 Å². The highest BCUT2D eigenvalue weighted by Gasteiger charge is 2.34. The summed E-state index contributed by atoms with van der Waals surface area (Å²) in [7, 11) is 5.03. The second kappa shape index (κ2) is 6.43. The number of thioether (sulfide) groups is 1. The SMILES string of the molecule is Cn1ccc(-c2c3c(=O)n(C)c(=O)n(C)c3c3n2CCSC3c2ccc(Cl)o2)n1. The first kappa shape index (κ1) is 18.4. The number of nitrogens with zero attached hydrogens (tertiary/aromatic N) is 5. The molecule has 0 spiro atoms. The molecule has 0 fully saturated rings. The van der Waals surface area contributed by atoms with Gasteiger partial charge < -0.3 is 8.98 Å². The van der Waals surface area contributed by atoms with Crippen LogP contribution in [0.25, 0.3) is 22.3 Å². The molecule has 0 radical (unpaired) electrons. The van der Waals surface area contributed by atoms with E-state index in [2.05, 4.69) is 9.67 Å². The summed E-state index contributed by atoms with van der Waals surface area (Å²) in [5.41, 5.74) is 2.21. The molecule has 0 bridgehead atoms. The van der Waals surface area contributed by atoms with Crippen LogP contribution in [0, 0.1) is 0 Å². The van der Waals surface area contributed by atoms with E-state index >= 15 is 0 Å². The summed E-state index contributed by atoms with van der Waals surface area (Å²) in [6.45, 7) is 0.697. The summed E-state index contributed by atoms with van der Waals surface area (Å²) < 4.78 is 12.2. The van der Waals surface area contributed by atoms with Gasteiger partial charge in [0.15, 0.2) is 5.22 Å². The molecule has 1 aliphatic heterocycles. The summed E-state index contributed by atoms with van der Waals surface area (Å²) in [5, 5.41) is 5.16. The third-order valence-electron chi connectivity index (χ3n) is 5.36. The minimum Gasteiger partial charge on any atom is -0.448 e. The molecule has 0 aromatic carbocycles. The Morgan fingerprint density at radius 1 is 1.17 bits per heavy atom. The molecule has 4 aromatic rings. The van der Waals surface area contributed by atoms with Gasteiger partial charge in [-0.05, 0) is 29.8 Å². The average Bonchev–Trinajstić information content (AvgIpc) is 3.41. The predicted octanol–water partition coefficient (Wildman–Crippen LogP) is 2.52. The first-order valence-corrected chi connectivity index (χ1v) is 10.5. The van der Waals surface area contributed by atoms with Gasteiger partial charge in [0.05, 0.1) is 22.3 Å². The van der Waals surface area contributed by atoms with Crippen molar-refractivity contribution >= 4 is 34.3 Å². The van der Waals surface area contributed by atoms with Gasteiger partial charge in [-0.1, -0.05) is 0 Å². The molecule has 5 rings (SSSR count). The monoisotopic (exact) mass is 431 g/mol. The summed E-state index contributed by atoms with van der Waals surface area (Å²) in [6, 6.07) is 5.43. The second-order valence-corrected chi connectivity index (χ2v) is 8.67. The van der Waals surface area contributed by atoms with Gasteiger partial charge in [0.25, 0.3) is 5.56 Å². The summed E-state index contributed by atoms with van der Waals surface area (Å²) in [6.07, 6.45) is 1.84. The van der Waals surface area contributed by atoms with Crippen LogP contribution in [0.2, 0.25) is 5.22 Å². The van der Waals surface area contributed by atoms with Crippen molar-refractivity contribution in [2.45, 2.75) is 11.8 Å². The molecular formula is C19H18ClN5O3S. The van der Waals surface area contributed by atoms with Crippen LogP contribution in [-0.2, 0) is 27.7 Å². The standard InChI is InChI=1S/C19H18ClN5O3S/c1-22-7-6-10(21-22)14-13-15(23(2)19(27)24(3)18(13)26)16-17(29-9-8-25(14)16)11-4-5-12(20)28-11/h4-7,17H,8-9H2,1-3H3. The average molecular weight is 432 g/mol. The summed E-state index contributed by atoms with van der Waals surface area (Å²) in [5.74, 6) is 1.52. The number of hydrogen-bond donors (Lipinski definition) is 0. The highest BCUT2D eigenvalue weighted by atomic mass is 35.5. The predicted molar refractivity (Wildman–Crippen MR) is 113 cm³/mol. The van der Waals surface area contributed by atoms with E-state index in [-0.39, 0.29) is 16.5 Å². The van der Waals surface area contributed by atoms with Crippen molar-refractivity contribution in [1.29, 1.82) is 0 Å². The van der Waals surface area contributed by atoms with Gasteiger partial charge >= 0.3 is 5.69 Å². The van der Waals surface area contributed by atoms with E-state index in [0.29, 0.717) is 34.1 Å². The minimum atomic E-state index is -0.365. The van der Waals surface area contributed by atoms with E-state index in [0.717, 1.165) is 21.7 Å². The minimum absolute atomic E-state index is 0.186. The maximum absolute atomic E-state index is 13.2. The van der Waals surface area contributed by atoms with Crippen LogP contribution in [0.3, 0.4) is 0 Å². The molecule has 8 nitrogen and oxygen atoms in total. The van der Waals surface area contributed by atoms with Crippen molar-refractivity contribution in [2.24, 2.45) is 21.1 Å². The van der Waals surface area contributed by atoms with E-state index in [1.165, 1.54) is 7.05 Å². The highest BCUT2D eigenvalue weighted by molar-refractivity contribution is 7.99. The molecule has 1 unspecified atom stereocenters. The Morgan fingerprint density at radius 3 is 2.62 bits per heavy atom. The third-order valence-corrected chi connectivity index (χ3v) is 6.77. The van der Waals surface area contributed by atoms with Crippen LogP contribution in [-0.4, -0.2) is 29.2 Å². The molecule has 0 aliphatic carbocycles.